The molecule has 0 fully saturated rings. The second-order valence-electron chi connectivity index (χ2n) is 7.29. The molecule has 0 spiro atoms. The van der Waals surface area contributed by atoms with Gasteiger partial charge in [-0.2, -0.15) is 0 Å². The zero-order valence-corrected chi connectivity index (χ0v) is 17.3. The highest BCUT2D eigenvalue weighted by molar-refractivity contribution is 5.99. The van der Waals surface area contributed by atoms with Gasteiger partial charge in [0.1, 0.15) is 18.1 Å². The van der Waals surface area contributed by atoms with Crippen molar-refractivity contribution in [1.29, 1.82) is 0 Å². The maximum Gasteiger partial charge on any atom is 0.262 e. The number of hydrogen-bond acceptors (Lipinski definition) is 4. The Morgan fingerprint density at radius 1 is 1.03 bits per heavy atom. The van der Waals surface area contributed by atoms with Crippen molar-refractivity contribution in [2.24, 2.45) is 0 Å². The first kappa shape index (κ1) is 20.5. The predicted molar refractivity (Wildman–Crippen MR) is 118 cm³/mol. The van der Waals surface area contributed by atoms with Gasteiger partial charge in [0.15, 0.2) is 6.61 Å². The summed E-state index contributed by atoms with van der Waals surface area (Å²) in [5.74, 6) is 1.03. The Morgan fingerprint density at radius 3 is 2.55 bits per heavy atom. The van der Waals surface area contributed by atoms with Gasteiger partial charge in [-0.15, -0.1) is 0 Å². The molecule has 0 saturated carbocycles. The molecular weight excluding hydrogens is 392 g/mol. The minimum atomic E-state index is -0.223. The van der Waals surface area contributed by atoms with Gasteiger partial charge in [0.05, 0.1) is 5.69 Å². The number of benzene rings is 3. The van der Waals surface area contributed by atoms with E-state index in [-0.39, 0.29) is 18.4 Å². The average Bonchev–Trinajstić information content (AvgIpc) is 2.81. The number of anilines is 1. The predicted octanol–water partition coefficient (Wildman–Crippen LogP) is 4.26. The van der Waals surface area contributed by atoms with Crippen LogP contribution in [0.25, 0.3) is 0 Å². The van der Waals surface area contributed by atoms with Crippen LogP contribution in [-0.4, -0.2) is 29.9 Å². The van der Waals surface area contributed by atoms with Crippen LogP contribution in [0.1, 0.15) is 28.4 Å². The lowest BCUT2D eigenvalue weighted by atomic mass is 10.1. The fourth-order valence-electron chi connectivity index (χ4n) is 3.38. The molecule has 3 aromatic carbocycles. The van der Waals surface area contributed by atoms with Gasteiger partial charge in [-0.25, -0.2) is 0 Å². The van der Waals surface area contributed by atoms with Crippen molar-refractivity contribution in [3.8, 4) is 11.5 Å². The Balaban J connectivity index is 1.40. The first-order valence-corrected chi connectivity index (χ1v) is 10.2. The van der Waals surface area contributed by atoms with E-state index >= 15 is 0 Å². The molecule has 0 atom stereocenters. The molecule has 1 N–H and O–H groups in total. The lowest BCUT2D eigenvalue weighted by molar-refractivity contribution is -0.118. The van der Waals surface area contributed by atoms with E-state index < -0.39 is 0 Å². The highest BCUT2D eigenvalue weighted by atomic mass is 16.5. The Hall–Kier alpha value is -3.80. The summed E-state index contributed by atoms with van der Waals surface area (Å²) in [5, 5.41) is 2.74. The van der Waals surface area contributed by atoms with Crippen molar-refractivity contribution in [3.63, 3.8) is 0 Å². The summed E-state index contributed by atoms with van der Waals surface area (Å²) in [5.41, 5.74) is 3.16. The molecule has 1 aliphatic heterocycles. The van der Waals surface area contributed by atoms with Crippen LogP contribution in [0, 0.1) is 0 Å². The minimum absolute atomic E-state index is 0.00750. The van der Waals surface area contributed by atoms with E-state index in [1.165, 1.54) is 0 Å². The van der Waals surface area contributed by atoms with Gasteiger partial charge in [-0.3, -0.25) is 9.59 Å². The van der Waals surface area contributed by atoms with Crippen LogP contribution in [-0.2, 0) is 17.9 Å². The van der Waals surface area contributed by atoms with Gasteiger partial charge in [-0.05, 0) is 48.4 Å². The lowest BCUT2D eigenvalue weighted by Crippen LogP contribution is -2.31. The van der Waals surface area contributed by atoms with E-state index in [0.29, 0.717) is 36.7 Å². The van der Waals surface area contributed by atoms with Crippen molar-refractivity contribution >= 4 is 17.5 Å². The van der Waals surface area contributed by atoms with Crippen molar-refractivity contribution in [2.75, 3.05) is 18.5 Å². The summed E-state index contributed by atoms with van der Waals surface area (Å²) in [6.07, 6.45) is 0. The van der Waals surface area contributed by atoms with E-state index in [4.69, 9.17) is 9.47 Å². The summed E-state index contributed by atoms with van der Waals surface area (Å²) in [7, 11) is 0. The summed E-state index contributed by atoms with van der Waals surface area (Å²) in [6.45, 7) is 3.49. The Bertz CT molecular complexity index is 1060. The highest BCUT2D eigenvalue weighted by Crippen LogP contribution is 2.29. The SMILES string of the molecule is CCN(Cc1ccc(OCc2ccccc2)cc1)C(=O)c1ccc2c(c1)NC(=O)CO2. The third kappa shape index (κ3) is 5.04. The van der Waals surface area contributed by atoms with Crippen molar-refractivity contribution in [1.82, 2.24) is 4.90 Å². The van der Waals surface area contributed by atoms with Crippen LogP contribution in [0.4, 0.5) is 5.69 Å². The quantitative estimate of drug-likeness (QED) is 0.625. The van der Waals surface area contributed by atoms with Gasteiger partial charge < -0.3 is 19.7 Å². The number of hydrogen-bond donors (Lipinski definition) is 1. The molecule has 4 rings (SSSR count). The third-order valence-electron chi connectivity index (χ3n) is 5.07. The minimum Gasteiger partial charge on any atom is -0.489 e. The number of ether oxygens (including phenoxy) is 2. The van der Waals surface area contributed by atoms with E-state index in [0.717, 1.165) is 16.9 Å². The third-order valence-corrected chi connectivity index (χ3v) is 5.07. The van der Waals surface area contributed by atoms with E-state index in [9.17, 15) is 9.59 Å². The monoisotopic (exact) mass is 416 g/mol. The average molecular weight is 416 g/mol. The summed E-state index contributed by atoms with van der Waals surface area (Å²) >= 11 is 0. The normalized spacial score (nSPS) is 12.4. The summed E-state index contributed by atoms with van der Waals surface area (Å²) in [6, 6.07) is 22.9. The molecule has 0 aliphatic carbocycles. The summed E-state index contributed by atoms with van der Waals surface area (Å²) < 4.78 is 11.2. The van der Waals surface area contributed by atoms with Crippen LogP contribution in [0.2, 0.25) is 0 Å². The van der Waals surface area contributed by atoms with E-state index in [2.05, 4.69) is 5.32 Å². The van der Waals surface area contributed by atoms with Gasteiger partial charge in [-0.1, -0.05) is 42.5 Å². The van der Waals surface area contributed by atoms with Crippen molar-refractivity contribution in [3.05, 3.63) is 89.5 Å². The van der Waals surface area contributed by atoms with Crippen molar-refractivity contribution < 1.29 is 19.1 Å². The maximum absolute atomic E-state index is 13.0. The number of nitrogens with one attached hydrogen (secondary N) is 1. The zero-order valence-electron chi connectivity index (χ0n) is 17.3. The second-order valence-corrected chi connectivity index (χ2v) is 7.29. The molecule has 0 bridgehead atoms. The number of carbonyl (C=O) groups excluding carboxylic acids is 2. The topological polar surface area (TPSA) is 67.9 Å². The molecule has 0 radical (unpaired) electrons. The van der Waals surface area contributed by atoms with Crippen molar-refractivity contribution in [2.45, 2.75) is 20.1 Å². The number of fused-ring (bicyclic) bond motifs is 1. The zero-order chi connectivity index (χ0) is 21.6. The maximum atomic E-state index is 13.0. The molecule has 2 amide bonds. The molecule has 3 aromatic rings. The molecule has 6 heteroatoms. The number of amides is 2. The largest absolute Gasteiger partial charge is 0.489 e. The van der Waals surface area contributed by atoms with Crippen LogP contribution >= 0.6 is 0 Å². The van der Waals surface area contributed by atoms with Gasteiger partial charge in [0.2, 0.25) is 0 Å². The van der Waals surface area contributed by atoms with E-state index in [1.54, 1.807) is 23.1 Å². The fraction of sp³-hybridized carbons (Fsp3) is 0.200. The first-order valence-electron chi connectivity index (χ1n) is 10.2. The van der Waals surface area contributed by atoms with E-state index in [1.807, 2.05) is 61.5 Å². The fourth-order valence-corrected chi connectivity index (χ4v) is 3.38. The van der Waals surface area contributed by atoms with Crippen LogP contribution in [0.15, 0.2) is 72.8 Å². The molecule has 1 heterocycles. The number of rotatable bonds is 7. The molecule has 6 nitrogen and oxygen atoms in total. The molecule has 1 aliphatic rings. The standard InChI is InChI=1S/C25H24N2O4/c1-2-27(25(29)20-10-13-23-22(14-20)26-24(28)17-31-23)15-18-8-11-21(12-9-18)30-16-19-6-4-3-5-7-19/h3-14H,2,15-17H2,1H3,(H,26,28). The van der Waals surface area contributed by atoms with Crippen LogP contribution in [0.3, 0.4) is 0 Å². The van der Waals surface area contributed by atoms with Gasteiger partial charge in [0, 0.05) is 18.7 Å². The number of carbonyl (C=O) groups is 2. The Morgan fingerprint density at radius 2 is 1.81 bits per heavy atom. The smallest absolute Gasteiger partial charge is 0.262 e. The first-order chi connectivity index (χ1) is 15.1. The lowest BCUT2D eigenvalue weighted by Gasteiger charge is -2.23. The Kier molecular flexibility index (Phi) is 6.17. The second kappa shape index (κ2) is 9.34. The molecule has 0 unspecified atom stereocenters. The molecular formula is C25H24N2O4. The molecule has 0 saturated heterocycles. The number of nitrogens with zero attached hydrogens (tertiary/aromatic N) is 1. The van der Waals surface area contributed by atoms with Gasteiger partial charge >= 0.3 is 0 Å². The molecule has 31 heavy (non-hydrogen) atoms. The Labute approximate surface area is 181 Å². The van der Waals surface area contributed by atoms with Gasteiger partial charge in [0.25, 0.3) is 11.8 Å². The van der Waals surface area contributed by atoms with Crippen LogP contribution < -0.4 is 14.8 Å². The summed E-state index contributed by atoms with van der Waals surface area (Å²) in [4.78, 5) is 26.3. The molecule has 0 aromatic heterocycles. The molecule has 158 valence electrons. The van der Waals surface area contributed by atoms with Crippen LogP contribution in [0.5, 0.6) is 11.5 Å². The highest BCUT2D eigenvalue weighted by Gasteiger charge is 2.20.